The summed E-state index contributed by atoms with van der Waals surface area (Å²) in [7, 11) is 1.55. The molecule has 16 heavy (non-hydrogen) atoms. The van der Waals surface area contributed by atoms with Gasteiger partial charge in [-0.3, -0.25) is 0 Å². The molecule has 0 bridgehead atoms. The molecule has 0 saturated carbocycles. The second-order valence-electron chi connectivity index (χ2n) is 3.48. The Morgan fingerprint density at radius 1 is 1.31 bits per heavy atom. The minimum absolute atomic E-state index is 0.116. The van der Waals surface area contributed by atoms with Gasteiger partial charge in [0, 0.05) is 12.2 Å². The number of alkyl halides is 3. The molecular formula is C11H14F3NO. The zero-order chi connectivity index (χ0) is 12.2. The third-order valence-electron chi connectivity index (χ3n) is 2.13. The van der Waals surface area contributed by atoms with Gasteiger partial charge in [-0.25, -0.2) is 0 Å². The number of hydrogen-bond donors (Lipinski definition) is 1. The van der Waals surface area contributed by atoms with Gasteiger partial charge in [0.05, 0.1) is 13.5 Å². The predicted molar refractivity (Wildman–Crippen MR) is 56.9 cm³/mol. The lowest BCUT2D eigenvalue weighted by atomic mass is 10.2. The molecule has 0 aliphatic carbocycles. The molecule has 1 aromatic rings. The van der Waals surface area contributed by atoms with Crippen molar-refractivity contribution in [2.45, 2.75) is 19.5 Å². The summed E-state index contributed by atoms with van der Waals surface area (Å²) in [6.07, 6.45) is -4.95. The lowest BCUT2D eigenvalue weighted by Gasteiger charge is -2.11. The Kier molecular flexibility index (Phi) is 4.04. The predicted octanol–water partition coefficient (Wildman–Crippen LogP) is 3.37. The number of methoxy groups -OCH3 is 1. The van der Waals surface area contributed by atoms with Crippen molar-refractivity contribution in [3.63, 3.8) is 0 Å². The van der Waals surface area contributed by atoms with Crippen molar-refractivity contribution in [1.29, 1.82) is 0 Å². The van der Waals surface area contributed by atoms with E-state index in [-0.39, 0.29) is 6.54 Å². The van der Waals surface area contributed by atoms with Crippen LogP contribution in [0.4, 0.5) is 18.9 Å². The number of benzene rings is 1. The molecule has 0 spiro atoms. The van der Waals surface area contributed by atoms with Gasteiger partial charge in [0.2, 0.25) is 0 Å². The van der Waals surface area contributed by atoms with Gasteiger partial charge in [-0.1, -0.05) is 0 Å². The minimum Gasteiger partial charge on any atom is -0.496 e. The van der Waals surface area contributed by atoms with E-state index in [0.29, 0.717) is 5.69 Å². The molecule has 5 heteroatoms. The summed E-state index contributed by atoms with van der Waals surface area (Å²) in [6, 6.07) is 5.18. The van der Waals surface area contributed by atoms with E-state index >= 15 is 0 Å². The van der Waals surface area contributed by atoms with Crippen LogP contribution in [0.1, 0.15) is 12.0 Å². The van der Waals surface area contributed by atoms with E-state index in [1.54, 1.807) is 25.3 Å². The number of anilines is 1. The van der Waals surface area contributed by atoms with Crippen molar-refractivity contribution in [3.8, 4) is 5.75 Å². The van der Waals surface area contributed by atoms with Crippen molar-refractivity contribution in [2.24, 2.45) is 0 Å². The van der Waals surface area contributed by atoms with Crippen LogP contribution in [0.5, 0.6) is 5.75 Å². The second kappa shape index (κ2) is 5.09. The van der Waals surface area contributed by atoms with Crippen LogP contribution in [-0.2, 0) is 0 Å². The highest BCUT2D eigenvalue weighted by Crippen LogP contribution is 2.23. The van der Waals surface area contributed by atoms with E-state index in [4.69, 9.17) is 4.74 Å². The molecule has 0 unspecified atom stereocenters. The second-order valence-corrected chi connectivity index (χ2v) is 3.48. The minimum atomic E-state index is -4.12. The standard InChI is InChI=1S/C11H14F3NO/c1-8-7-9(3-4-10(8)16-2)15-6-5-11(12,13)14/h3-4,7,15H,5-6H2,1-2H3. The quantitative estimate of drug-likeness (QED) is 0.860. The Morgan fingerprint density at radius 2 is 2.00 bits per heavy atom. The summed E-state index contributed by atoms with van der Waals surface area (Å²) in [5.41, 5.74) is 1.56. The smallest absolute Gasteiger partial charge is 0.390 e. The van der Waals surface area contributed by atoms with Crippen LogP contribution in [0.2, 0.25) is 0 Å². The van der Waals surface area contributed by atoms with Crippen molar-refractivity contribution < 1.29 is 17.9 Å². The lowest BCUT2D eigenvalue weighted by molar-refractivity contribution is -0.131. The molecule has 0 atom stereocenters. The Hall–Kier alpha value is -1.39. The molecule has 0 radical (unpaired) electrons. The summed E-state index contributed by atoms with van der Waals surface area (Å²) in [4.78, 5) is 0. The highest BCUT2D eigenvalue weighted by Gasteiger charge is 2.26. The van der Waals surface area contributed by atoms with E-state index in [1.165, 1.54) is 0 Å². The Bertz CT molecular complexity index is 350. The SMILES string of the molecule is COc1ccc(NCCC(F)(F)F)cc1C. The number of halogens is 3. The van der Waals surface area contributed by atoms with Crippen LogP contribution in [-0.4, -0.2) is 19.8 Å². The van der Waals surface area contributed by atoms with Gasteiger partial charge in [-0.2, -0.15) is 13.2 Å². The molecule has 1 aromatic carbocycles. The highest BCUT2D eigenvalue weighted by molar-refractivity contribution is 5.50. The maximum atomic E-state index is 11.9. The summed E-state index contributed by atoms with van der Waals surface area (Å²) >= 11 is 0. The number of hydrogen-bond acceptors (Lipinski definition) is 2. The van der Waals surface area contributed by atoms with Crippen molar-refractivity contribution >= 4 is 5.69 Å². The van der Waals surface area contributed by atoms with E-state index in [2.05, 4.69) is 5.32 Å². The van der Waals surface area contributed by atoms with E-state index in [0.717, 1.165) is 11.3 Å². The fourth-order valence-electron chi connectivity index (χ4n) is 1.34. The highest BCUT2D eigenvalue weighted by atomic mass is 19.4. The molecule has 1 N–H and O–H groups in total. The van der Waals surface area contributed by atoms with Crippen molar-refractivity contribution in [1.82, 2.24) is 0 Å². The summed E-state index contributed by atoms with van der Waals surface area (Å²) < 4.78 is 40.7. The first-order chi connectivity index (χ1) is 7.42. The van der Waals surface area contributed by atoms with Gasteiger partial charge in [0.15, 0.2) is 0 Å². The Morgan fingerprint density at radius 3 is 2.50 bits per heavy atom. The average Bonchev–Trinajstić information content (AvgIpc) is 2.16. The molecule has 0 amide bonds. The summed E-state index contributed by atoms with van der Waals surface area (Å²) in [5, 5.41) is 2.72. The summed E-state index contributed by atoms with van der Waals surface area (Å²) in [5.74, 6) is 0.723. The first-order valence-electron chi connectivity index (χ1n) is 4.87. The van der Waals surface area contributed by atoms with Gasteiger partial charge in [0.1, 0.15) is 5.75 Å². The molecule has 0 aliphatic heterocycles. The molecule has 90 valence electrons. The molecule has 2 nitrogen and oxygen atoms in total. The fourth-order valence-corrected chi connectivity index (χ4v) is 1.34. The molecular weight excluding hydrogens is 219 g/mol. The number of ether oxygens (including phenoxy) is 1. The average molecular weight is 233 g/mol. The fraction of sp³-hybridized carbons (Fsp3) is 0.455. The normalized spacial score (nSPS) is 11.3. The van der Waals surface area contributed by atoms with Crippen LogP contribution in [0, 0.1) is 6.92 Å². The molecule has 0 heterocycles. The van der Waals surface area contributed by atoms with E-state index < -0.39 is 12.6 Å². The molecule has 1 rings (SSSR count). The van der Waals surface area contributed by atoms with Crippen molar-refractivity contribution in [2.75, 3.05) is 19.0 Å². The third-order valence-corrected chi connectivity index (χ3v) is 2.13. The van der Waals surface area contributed by atoms with Crippen LogP contribution >= 0.6 is 0 Å². The molecule has 0 aromatic heterocycles. The van der Waals surface area contributed by atoms with E-state index in [9.17, 15) is 13.2 Å². The van der Waals surface area contributed by atoms with Gasteiger partial charge < -0.3 is 10.1 Å². The molecule has 0 aliphatic rings. The third kappa shape index (κ3) is 4.00. The zero-order valence-electron chi connectivity index (χ0n) is 9.19. The van der Waals surface area contributed by atoms with Gasteiger partial charge in [-0.05, 0) is 30.7 Å². The van der Waals surface area contributed by atoms with Crippen LogP contribution in [0.3, 0.4) is 0 Å². The largest absolute Gasteiger partial charge is 0.496 e. The number of aryl methyl sites for hydroxylation is 1. The lowest BCUT2D eigenvalue weighted by Crippen LogP contribution is -2.14. The first kappa shape index (κ1) is 12.7. The first-order valence-corrected chi connectivity index (χ1v) is 4.87. The van der Waals surface area contributed by atoms with Gasteiger partial charge in [0.25, 0.3) is 0 Å². The monoisotopic (exact) mass is 233 g/mol. The van der Waals surface area contributed by atoms with Crippen LogP contribution < -0.4 is 10.1 Å². The zero-order valence-corrected chi connectivity index (χ0v) is 9.19. The topological polar surface area (TPSA) is 21.3 Å². The molecule has 0 fully saturated rings. The van der Waals surface area contributed by atoms with E-state index in [1.807, 2.05) is 6.92 Å². The van der Waals surface area contributed by atoms with Crippen LogP contribution in [0.25, 0.3) is 0 Å². The molecule has 0 saturated heterocycles. The maximum Gasteiger partial charge on any atom is 0.390 e. The maximum absolute atomic E-state index is 11.9. The number of rotatable bonds is 4. The Balaban J connectivity index is 2.52. The van der Waals surface area contributed by atoms with Gasteiger partial charge >= 0.3 is 6.18 Å². The van der Waals surface area contributed by atoms with Gasteiger partial charge in [-0.15, -0.1) is 0 Å². The van der Waals surface area contributed by atoms with Crippen LogP contribution in [0.15, 0.2) is 18.2 Å². The van der Waals surface area contributed by atoms with Crippen molar-refractivity contribution in [3.05, 3.63) is 23.8 Å². The Labute approximate surface area is 92.4 Å². The number of nitrogens with one attached hydrogen (secondary N) is 1. The summed E-state index contributed by atoms with van der Waals surface area (Å²) in [6.45, 7) is 1.73.